The SMILES string of the molecule is CCCCC(CCCC(C)C)C(=O)C(C)(C)NC(=O)CCCc1ccc(CCc2cccc3c2C(O[C@H]2C[C@@H](O)C[C@@H](O)O2)=NC3)cc1. The predicted octanol–water partition coefficient (Wildman–Crippen LogP) is 6.98. The molecule has 0 aromatic heterocycles. The second-order valence-corrected chi connectivity index (χ2v) is 14.7. The van der Waals surface area contributed by atoms with E-state index in [9.17, 15) is 19.8 Å². The Morgan fingerprint density at radius 3 is 2.35 bits per heavy atom. The summed E-state index contributed by atoms with van der Waals surface area (Å²) >= 11 is 0. The number of hydrogen-bond acceptors (Lipinski definition) is 7. The highest BCUT2D eigenvalue weighted by Gasteiger charge is 2.34. The number of carbonyl (C=O) groups is 2. The van der Waals surface area contributed by atoms with Crippen LogP contribution in [-0.4, -0.2) is 52.0 Å². The number of Topliss-reactive ketones (excluding diaryl/α,β-unsaturated/α-hetero) is 1. The number of unbranched alkanes of at least 4 members (excludes halogenated alkanes) is 1. The summed E-state index contributed by atoms with van der Waals surface area (Å²) in [4.78, 5) is 31.0. The molecular weight excluding hydrogens is 604 g/mol. The van der Waals surface area contributed by atoms with Crippen molar-refractivity contribution in [3.05, 3.63) is 70.3 Å². The van der Waals surface area contributed by atoms with Crippen LogP contribution in [0.1, 0.15) is 127 Å². The number of ether oxygens (including phenoxy) is 2. The first-order valence-corrected chi connectivity index (χ1v) is 18.2. The van der Waals surface area contributed by atoms with Crippen molar-refractivity contribution in [3.8, 4) is 0 Å². The van der Waals surface area contributed by atoms with Crippen molar-refractivity contribution < 1.29 is 29.3 Å². The summed E-state index contributed by atoms with van der Waals surface area (Å²) in [6.45, 7) is 10.9. The minimum Gasteiger partial charge on any atom is -0.447 e. The maximum absolute atomic E-state index is 13.5. The van der Waals surface area contributed by atoms with Gasteiger partial charge in [0.15, 0.2) is 12.1 Å². The van der Waals surface area contributed by atoms with Gasteiger partial charge < -0.3 is 25.0 Å². The smallest absolute Gasteiger partial charge is 0.220 e. The number of nitrogens with one attached hydrogen (secondary N) is 1. The molecule has 1 fully saturated rings. The quantitative estimate of drug-likeness (QED) is 0.159. The van der Waals surface area contributed by atoms with E-state index in [-0.39, 0.29) is 24.0 Å². The van der Waals surface area contributed by atoms with Gasteiger partial charge in [0.1, 0.15) is 0 Å². The van der Waals surface area contributed by atoms with E-state index in [2.05, 4.69) is 67.5 Å². The zero-order valence-electron chi connectivity index (χ0n) is 29.8. The molecular formula is C40H58N2O6. The second-order valence-electron chi connectivity index (χ2n) is 14.7. The van der Waals surface area contributed by atoms with Crippen molar-refractivity contribution in [1.82, 2.24) is 5.32 Å². The molecule has 0 aliphatic carbocycles. The highest BCUT2D eigenvalue weighted by molar-refractivity contribution is 5.99. The van der Waals surface area contributed by atoms with Crippen LogP contribution in [0.25, 0.3) is 0 Å². The van der Waals surface area contributed by atoms with Gasteiger partial charge in [0.25, 0.3) is 0 Å². The number of amides is 1. The van der Waals surface area contributed by atoms with Gasteiger partial charge in [0.2, 0.25) is 18.1 Å². The Morgan fingerprint density at radius 1 is 0.958 bits per heavy atom. The molecule has 264 valence electrons. The molecule has 1 amide bonds. The van der Waals surface area contributed by atoms with Crippen molar-refractivity contribution in [2.75, 3.05) is 0 Å². The molecule has 0 radical (unpaired) electrons. The molecule has 1 unspecified atom stereocenters. The lowest BCUT2D eigenvalue weighted by molar-refractivity contribution is -0.246. The van der Waals surface area contributed by atoms with Gasteiger partial charge >= 0.3 is 0 Å². The Hall–Kier alpha value is -3.07. The number of rotatable bonds is 18. The monoisotopic (exact) mass is 662 g/mol. The molecule has 4 atom stereocenters. The zero-order valence-corrected chi connectivity index (χ0v) is 29.8. The number of aliphatic hydroxyl groups excluding tert-OH is 2. The van der Waals surface area contributed by atoms with Crippen LogP contribution in [0.3, 0.4) is 0 Å². The van der Waals surface area contributed by atoms with Crippen molar-refractivity contribution in [3.63, 3.8) is 0 Å². The maximum Gasteiger partial charge on any atom is 0.220 e. The van der Waals surface area contributed by atoms with Crippen LogP contribution < -0.4 is 5.32 Å². The van der Waals surface area contributed by atoms with Crippen molar-refractivity contribution >= 4 is 17.6 Å². The zero-order chi connectivity index (χ0) is 34.7. The third kappa shape index (κ3) is 11.2. The fourth-order valence-corrected chi connectivity index (χ4v) is 6.86. The number of hydrogen-bond donors (Lipinski definition) is 3. The molecule has 8 heteroatoms. The average Bonchev–Trinajstić information content (AvgIpc) is 3.44. The van der Waals surface area contributed by atoms with Crippen LogP contribution in [0.2, 0.25) is 0 Å². The second kappa shape index (κ2) is 18.1. The number of benzene rings is 2. The lowest BCUT2D eigenvalue weighted by Gasteiger charge is -2.30. The lowest BCUT2D eigenvalue weighted by atomic mass is 9.82. The largest absolute Gasteiger partial charge is 0.447 e. The van der Waals surface area contributed by atoms with E-state index >= 15 is 0 Å². The van der Waals surface area contributed by atoms with Gasteiger partial charge in [0.05, 0.1) is 18.2 Å². The first kappa shape index (κ1) is 37.7. The Labute approximate surface area is 287 Å². The van der Waals surface area contributed by atoms with Crippen LogP contribution in [0.5, 0.6) is 0 Å². The van der Waals surface area contributed by atoms with E-state index < -0.39 is 24.2 Å². The van der Waals surface area contributed by atoms with Gasteiger partial charge in [-0.1, -0.05) is 88.9 Å². The van der Waals surface area contributed by atoms with Crippen LogP contribution in [0, 0.1) is 11.8 Å². The molecule has 2 aromatic rings. The predicted molar refractivity (Wildman–Crippen MR) is 190 cm³/mol. The van der Waals surface area contributed by atoms with Crippen molar-refractivity contribution in [2.24, 2.45) is 16.8 Å². The highest BCUT2D eigenvalue weighted by Crippen LogP contribution is 2.28. The Kier molecular flexibility index (Phi) is 14.2. The molecule has 4 rings (SSSR count). The van der Waals surface area contributed by atoms with E-state index in [0.717, 1.165) is 80.9 Å². The van der Waals surface area contributed by atoms with Gasteiger partial charge in [-0.15, -0.1) is 0 Å². The molecule has 3 N–H and O–H groups in total. The van der Waals surface area contributed by atoms with E-state index in [1.165, 1.54) is 11.1 Å². The molecule has 0 bridgehead atoms. The average molecular weight is 663 g/mol. The lowest BCUT2D eigenvalue weighted by Crippen LogP contribution is -2.52. The highest BCUT2D eigenvalue weighted by atomic mass is 16.7. The topological polar surface area (TPSA) is 117 Å². The van der Waals surface area contributed by atoms with Gasteiger partial charge in [0, 0.05) is 30.7 Å². The van der Waals surface area contributed by atoms with Crippen LogP contribution in [0.4, 0.5) is 0 Å². The van der Waals surface area contributed by atoms with Crippen LogP contribution in [-0.2, 0) is 44.9 Å². The number of aryl methyl sites for hydroxylation is 3. The molecule has 0 spiro atoms. The first-order valence-electron chi connectivity index (χ1n) is 18.2. The number of fused-ring (bicyclic) bond motifs is 1. The fourth-order valence-electron chi connectivity index (χ4n) is 6.86. The number of nitrogens with zero attached hydrogens (tertiary/aromatic N) is 1. The molecule has 1 saturated heterocycles. The fraction of sp³-hybridized carbons (Fsp3) is 0.625. The summed E-state index contributed by atoms with van der Waals surface area (Å²) < 4.78 is 11.5. The molecule has 2 aliphatic rings. The summed E-state index contributed by atoms with van der Waals surface area (Å²) in [7, 11) is 0. The minimum absolute atomic E-state index is 0.00461. The van der Waals surface area contributed by atoms with E-state index in [4.69, 9.17) is 9.47 Å². The standard InChI is InChI=1S/C40H58N2O6/c1-6-7-13-31(15-8-11-27(2)3)38(46)40(4,5)42-34(44)17-9-12-28-18-20-29(21-19-28)22-23-30-14-10-16-32-26-41-39(37(30)32)48-36-25-33(43)24-35(45)47-36/h10,14,16,18-21,27,31,33,35-36,43,45H,6-9,11-13,15,17,22-26H2,1-5H3,(H,42,44)/t31?,33-,35-,36-/m0/s1. The van der Waals surface area contributed by atoms with Crippen LogP contribution in [0.15, 0.2) is 47.5 Å². The van der Waals surface area contributed by atoms with E-state index in [1.807, 2.05) is 19.9 Å². The normalized spacial score (nSPS) is 19.9. The molecule has 2 heterocycles. The van der Waals surface area contributed by atoms with Gasteiger partial charge in [-0.25, -0.2) is 4.99 Å². The summed E-state index contributed by atoms with van der Waals surface area (Å²) in [5, 5.41) is 22.9. The molecule has 48 heavy (non-hydrogen) atoms. The van der Waals surface area contributed by atoms with Gasteiger partial charge in [-0.2, -0.15) is 0 Å². The summed E-state index contributed by atoms with van der Waals surface area (Å²) in [6, 6.07) is 14.8. The number of aliphatic hydroxyl groups is 2. The van der Waals surface area contributed by atoms with Crippen LogP contribution >= 0.6 is 0 Å². The minimum atomic E-state index is -1.05. The Balaban J connectivity index is 1.23. The Morgan fingerprint density at radius 2 is 1.67 bits per heavy atom. The summed E-state index contributed by atoms with van der Waals surface area (Å²) in [5.74, 6) is 1.25. The Bertz CT molecular complexity index is 1360. The first-order chi connectivity index (χ1) is 22.9. The molecule has 8 nitrogen and oxygen atoms in total. The number of aliphatic imine (C=N–C) groups is 1. The van der Waals surface area contributed by atoms with Gasteiger partial charge in [-0.05, 0) is 80.5 Å². The van der Waals surface area contributed by atoms with Crippen molar-refractivity contribution in [1.29, 1.82) is 0 Å². The van der Waals surface area contributed by atoms with E-state index in [1.54, 1.807) is 0 Å². The summed E-state index contributed by atoms with van der Waals surface area (Å²) in [5.41, 5.74) is 4.78. The molecule has 2 aliphatic heterocycles. The van der Waals surface area contributed by atoms with E-state index in [0.29, 0.717) is 31.2 Å². The maximum atomic E-state index is 13.5. The van der Waals surface area contributed by atoms with Crippen molar-refractivity contribution in [2.45, 2.75) is 149 Å². The number of ketones is 1. The molecule has 0 saturated carbocycles. The van der Waals surface area contributed by atoms with Gasteiger partial charge in [-0.3, -0.25) is 9.59 Å². The number of carbonyl (C=O) groups excluding carboxylic acids is 2. The third-order valence-corrected chi connectivity index (χ3v) is 9.59. The molecule has 2 aromatic carbocycles. The summed E-state index contributed by atoms with van der Waals surface area (Å²) in [6.07, 6.45) is 7.67. The third-order valence-electron chi connectivity index (χ3n) is 9.59.